The van der Waals surface area contributed by atoms with Crippen LogP contribution < -0.4 is 4.74 Å². The van der Waals surface area contributed by atoms with Gasteiger partial charge in [0.25, 0.3) is 0 Å². The van der Waals surface area contributed by atoms with Crippen molar-refractivity contribution in [3.8, 4) is 17.0 Å². The second-order valence-electron chi connectivity index (χ2n) is 10.4. The van der Waals surface area contributed by atoms with Gasteiger partial charge < -0.3 is 19.5 Å². The van der Waals surface area contributed by atoms with Crippen LogP contribution in [0.25, 0.3) is 11.3 Å². The molecule has 2 aromatic heterocycles. The highest BCUT2D eigenvalue weighted by atomic mass is 19.4. The second-order valence-corrected chi connectivity index (χ2v) is 10.4. The smallest absolute Gasteiger partial charge is 0.490 e. The quantitative estimate of drug-likeness (QED) is 0.388. The van der Waals surface area contributed by atoms with Gasteiger partial charge in [-0.25, -0.2) is 14.6 Å². The minimum atomic E-state index is -5.08. The van der Waals surface area contributed by atoms with Crippen LogP contribution in [-0.2, 0) is 35.3 Å². The number of hydrogen-bond donors (Lipinski definition) is 2. The number of alkyl halides is 6. The van der Waals surface area contributed by atoms with Gasteiger partial charge >= 0.3 is 24.3 Å². The van der Waals surface area contributed by atoms with Gasteiger partial charge in [-0.1, -0.05) is 19.1 Å². The summed E-state index contributed by atoms with van der Waals surface area (Å²) in [4.78, 5) is 28.0. The maximum Gasteiger partial charge on any atom is 0.490 e. The molecule has 0 radical (unpaired) electrons. The number of piperidine rings is 1. The molecule has 45 heavy (non-hydrogen) atoms. The molecule has 0 unspecified atom stereocenters. The molecule has 0 aliphatic carbocycles. The van der Waals surface area contributed by atoms with E-state index in [9.17, 15) is 26.3 Å². The minimum absolute atomic E-state index is 0.0316. The molecule has 17 heteroatoms. The number of benzene rings is 1. The van der Waals surface area contributed by atoms with Crippen molar-refractivity contribution in [2.75, 3.05) is 33.3 Å². The van der Waals surface area contributed by atoms with Crippen LogP contribution >= 0.6 is 0 Å². The molecule has 3 aromatic rings. The number of hydrogen-bond acceptors (Lipinski definition) is 7. The molecule has 1 saturated heterocycles. The first-order chi connectivity index (χ1) is 21.0. The van der Waals surface area contributed by atoms with Gasteiger partial charge in [-0.05, 0) is 37.1 Å². The number of likely N-dealkylation sites (N-methyl/N-ethyl adjacent to an activating group) is 1. The highest BCUT2D eigenvalue weighted by molar-refractivity contribution is 5.73. The average molecular weight is 649 g/mol. The molecule has 4 heterocycles. The molecule has 0 atom stereocenters. The van der Waals surface area contributed by atoms with Crippen molar-refractivity contribution in [3.63, 3.8) is 0 Å². The van der Waals surface area contributed by atoms with E-state index < -0.39 is 24.3 Å². The van der Waals surface area contributed by atoms with E-state index in [-0.39, 0.29) is 5.54 Å². The SMILES string of the molecule is CCN1CCn2c(-c3cnn(C)c3)cnc2C12CCN(Cc1ccc(OC)cc1)CC2.O=C(O)C(F)(F)F.O=C(O)C(F)(F)F. The zero-order chi connectivity index (χ0) is 33.6. The van der Waals surface area contributed by atoms with Gasteiger partial charge in [-0.2, -0.15) is 31.4 Å². The van der Waals surface area contributed by atoms with Crippen molar-refractivity contribution in [2.45, 2.75) is 50.7 Å². The van der Waals surface area contributed by atoms with Gasteiger partial charge in [0.2, 0.25) is 0 Å². The van der Waals surface area contributed by atoms with Gasteiger partial charge in [0, 0.05) is 51.5 Å². The van der Waals surface area contributed by atoms with Crippen LogP contribution in [0.4, 0.5) is 26.3 Å². The number of likely N-dealkylation sites (tertiary alicyclic amines) is 1. The number of rotatable bonds is 5. The third-order valence-electron chi connectivity index (χ3n) is 7.59. The van der Waals surface area contributed by atoms with Crippen molar-refractivity contribution in [2.24, 2.45) is 7.05 Å². The molecule has 0 saturated carbocycles. The van der Waals surface area contributed by atoms with E-state index in [2.05, 4.69) is 63.0 Å². The van der Waals surface area contributed by atoms with E-state index in [1.165, 1.54) is 17.1 Å². The number of fused-ring (bicyclic) bond motifs is 2. The molecular formula is C28H34F6N6O5. The van der Waals surface area contributed by atoms with Gasteiger partial charge in [0.1, 0.15) is 11.6 Å². The summed E-state index contributed by atoms with van der Waals surface area (Å²) < 4.78 is 73.1. The molecule has 1 spiro atoms. The molecule has 1 aromatic carbocycles. The minimum Gasteiger partial charge on any atom is -0.497 e. The number of methoxy groups -OCH3 is 1. The fourth-order valence-electron chi connectivity index (χ4n) is 5.40. The Bertz CT molecular complexity index is 1400. The molecule has 2 aliphatic heterocycles. The van der Waals surface area contributed by atoms with Gasteiger partial charge in [-0.15, -0.1) is 0 Å². The summed E-state index contributed by atoms with van der Waals surface area (Å²) in [5.74, 6) is -3.36. The number of carboxylic acids is 2. The highest BCUT2D eigenvalue weighted by Crippen LogP contribution is 2.42. The van der Waals surface area contributed by atoms with Gasteiger partial charge in [-0.3, -0.25) is 14.5 Å². The van der Waals surface area contributed by atoms with Crippen LogP contribution in [0.1, 0.15) is 31.2 Å². The zero-order valence-corrected chi connectivity index (χ0v) is 24.8. The highest BCUT2D eigenvalue weighted by Gasteiger charge is 2.46. The fraction of sp³-hybridized carbons (Fsp3) is 0.500. The van der Waals surface area contributed by atoms with Crippen LogP contribution in [0.3, 0.4) is 0 Å². The molecule has 2 aliphatic rings. The first-order valence-electron chi connectivity index (χ1n) is 13.8. The molecule has 2 N–H and O–H groups in total. The summed E-state index contributed by atoms with van der Waals surface area (Å²) in [5.41, 5.74) is 3.72. The third kappa shape index (κ3) is 8.75. The molecule has 11 nitrogen and oxygen atoms in total. The Balaban J connectivity index is 0.000000331. The first-order valence-corrected chi connectivity index (χ1v) is 13.8. The Morgan fingerprint density at radius 1 is 0.933 bits per heavy atom. The van der Waals surface area contributed by atoms with Crippen LogP contribution in [0, 0.1) is 0 Å². The summed E-state index contributed by atoms with van der Waals surface area (Å²) >= 11 is 0. The second kappa shape index (κ2) is 14.3. The lowest BCUT2D eigenvalue weighted by atomic mass is 9.83. The van der Waals surface area contributed by atoms with Crippen molar-refractivity contribution in [3.05, 3.63) is 54.2 Å². The van der Waals surface area contributed by atoms with Crippen molar-refractivity contribution < 1.29 is 50.9 Å². The third-order valence-corrected chi connectivity index (χ3v) is 7.59. The van der Waals surface area contributed by atoms with E-state index in [4.69, 9.17) is 29.5 Å². The number of ether oxygens (including phenoxy) is 1. The molecule has 0 bridgehead atoms. The number of imidazole rings is 1. The topological polar surface area (TPSA) is 126 Å². The lowest BCUT2D eigenvalue weighted by Crippen LogP contribution is -2.57. The molecule has 1 fully saturated rings. The molecule has 248 valence electrons. The van der Waals surface area contributed by atoms with E-state index in [0.717, 1.165) is 63.4 Å². The van der Waals surface area contributed by atoms with Crippen molar-refractivity contribution >= 4 is 11.9 Å². The lowest BCUT2D eigenvalue weighted by molar-refractivity contribution is -0.193. The number of aryl methyl sites for hydroxylation is 1. The fourth-order valence-corrected chi connectivity index (χ4v) is 5.40. The number of aromatic nitrogens is 4. The molecular weight excluding hydrogens is 614 g/mol. The van der Waals surface area contributed by atoms with E-state index in [0.29, 0.717) is 0 Å². The van der Waals surface area contributed by atoms with Gasteiger partial charge in [0.05, 0.1) is 30.7 Å². The van der Waals surface area contributed by atoms with E-state index in [1.54, 1.807) is 7.11 Å². The summed E-state index contributed by atoms with van der Waals surface area (Å²) in [6.45, 7) is 8.56. The number of carbonyl (C=O) groups is 2. The number of aliphatic carboxylic acids is 2. The normalized spacial score (nSPS) is 16.6. The molecule has 0 amide bonds. The van der Waals surface area contributed by atoms with Crippen LogP contribution in [0.5, 0.6) is 5.75 Å². The Hall–Kier alpha value is -4.12. The number of halogens is 6. The maximum absolute atomic E-state index is 10.6. The van der Waals surface area contributed by atoms with Crippen LogP contribution in [-0.4, -0.2) is 96.9 Å². The Morgan fingerprint density at radius 2 is 1.49 bits per heavy atom. The summed E-state index contributed by atoms with van der Waals surface area (Å²) in [5, 5.41) is 18.6. The predicted molar refractivity (Wildman–Crippen MR) is 148 cm³/mol. The Kier molecular flexibility index (Phi) is 11.3. The predicted octanol–water partition coefficient (Wildman–Crippen LogP) is 4.39. The summed E-state index contributed by atoms with van der Waals surface area (Å²) in [6.07, 6.45) is -1.86. The maximum atomic E-state index is 10.6. The zero-order valence-electron chi connectivity index (χ0n) is 24.8. The van der Waals surface area contributed by atoms with E-state index >= 15 is 0 Å². The van der Waals surface area contributed by atoms with Crippen molar-refractivity contribution in [1.29, 1.82) is 0 Å². The lowest BCUT2D eigenvalue weighted by Gasteiger charge is -2.50. The number of nitrogens with zero attached hydrogens (tertiary/aromatic N) is 6. The Morgan fingerprint density at radius 3 is 1.93 bits per heavy atom. The Labute approximate surface area is 254 Å². The largest absolute Gasteiger partial charge is 0.497 e. The van der Waals surface area contributed by atoms with Gasteiger partial charge in [0.15, 0.2) is 0 Å². The monoisotopic (exact) mass is 648 g/mol. The molecule has 5 rings (SSSR count). The van der Waals surface area contributed by atoms with Crippen molar-refractivity contribution in [1.82, 2.24) is 29.1 Å². The van der Waals surface area contributed by atoms with Crippen LogP contribution in [0.2, 0.25) is 0 Å². The standard InChI is InChI=1S/C24H32N6O.2C2HF3O2/c1-4-29-13-14-30-22(20-15-26-27(2)18-20)16-25-23(30)24(29)9-11-28(12-10-24)17-19-5-7-21(31-3)8-6-19;2*3-2(4,5)1(6)7/h5-8,15-16,18H,4,9-14,17H2,1-3H3;2*(H,6,7). The van der Waals surface area contributed by atoms with Crippen LogP contribution in [0.15, 0.2) is 42.9 Å². The first kappa shape index (κ1) is 35.4. The summed E-state index contributed by atoms with van der Waals surface area (Å²) in [7, 11) is 3.68. The number of carboxylic acid groups (broad SMARTS) is 2. The average Bonchev–Trinajstić information content (AvgIpc) is 3.61. The van der Waals surface area contributed by atoms with E-state index in [1.807, 2.05) is 17.9 Å². The summed E-state index contributed by atoms with van der Waals surface area (Å²) in [6, 6.07) is 8.46.